The smallest absolute Gasteiger partial charge is 0.300 e. The molecule has 0 aliphatic rings. The van der Waals surface area contributed by atoms with Gasteiger partial charge in [-0.2, -0.15) is 17.2 Å². The lowest BCUT2D eigenvalue weighted by Gasteiger charge is -2.11. The Hall–Kier alpha value is -1.35. The van der Waals surface area contributed by atoms with Crippen LogP contribution >= 0.6 is 0 Å². The molecule has 1 N–H and O–H groups in total. The SMILES string of the molecule is CCCCCCCCCCCCCCCCCCOc1c(F)c(F)c(S(=O)(=O)O)c(F)c1F. The first-order valence-electron chi connectivity index (χ1n) is 12.2. The van der Waals surface area contributed by atoms with Crippen LogP contribution in [0.4, 0.5) is 17.6 Å². The number of hydrogen-bond acceptors (Lipinski definition) is 3. The molecule has 0 heterocycles. The Morgan fingerprint density at radius 2 is 0.939 bits per heavy atom. The summed E-state index contributed by atoms with van der Waals surface area (Å²) >= 11 is 0. The van der Waals surface area contributed by atoms with Crippen molar-refractivity contribution in [2.45, 2.75) is 115 Å². The number of ether oxygens (including phenoxy) is 1. The number of rotatable bonds is 19. The van der Waals surface area contributed by atoms with Gasteiger partial charge >= 0.3 is 10.1 Å². The number of halogens is 4. The highest BCUT2D eigenvalue weighted by Gasteiger charge is 2.33. The second kappa shape index (κ2) is 16.3. The molecule has 1 aromatic carbocycles. The van der Waals surface area contributed by atoms with Gasteiger partial charge in [-0.1, -0.05) is 103 Å². The predicted molar refractivity (Wildman–Crippen MR) is 121 cm³/mol. The lowest BCUT2D eigenvalue weighted by Crippen LogP contribution is -2.12. The summed E-state index contributed by atoms with van der Waals surface area (Å²) in [7, 11) is -5.46. The van der Waals surface area contributed by atoms with Gasteiger partial charge in [0.2, 0.25) is 11.6 Å². The van der Waals surface area contributed by atoms with Crippen molar-refractivity contribution in [2.75, 3.05) is 6.61 Å². The van der Waals surface area contributed by atoms with Gasteiger partial charge < -0.3 is 4.74 Å². The molecule has 0 aliphatic carbocycles. The van der Waals surface area contributed by atoms with Gasteiger partial charge in [0, 0.05) is 0 Å². The van der Waals surface area contributed by atoms with E-state index in [-0.39, 0.29) is 6.61 Å². The molecule has 0 aromatic heterocycles. The molecule has 0 aliphatic heterocycles. The van der Waals surface area contributed by atoms with E-state index >= 15 is 0 Å². The third kappa shape index (κ3) is 11.1. The van der Waals surface area contributed by atoms with Crippen molar-refractivity contribution in [3.8, 4) is 5.75 Å². The minimum atomic E-state index is -5.46. The first-order chi connectivity index (χ1) is 15.7. The highest BCUT2D eigenvalue weighted by atomic mass is 32.2. The molecule has 0 atom stereocenters. The van der Waals surface area contributed by atoms with Crippen LogP contribution in [-0.2, 0) is 10.1 Å². The van der Waals surface area contributed by atoms with Crippen molar-refractivity contribution in [1.29, 1.82) is 0 Å². The summed E-state index contributed by atoms with van der Waals surface area (Å²) in [5, 5.41) is 0. The molecule has 0 unspecified atom stereocenters. The molecule has 0 fully saturated rings. The Bertz CT molecular complexity index is 771. The van der Waals surface area contributed by atoms with Crippen LogP contribution in [0, 0.1) is 23.3 Å². The zero-order valence-electron chi connectivity index (χ0n) is 19.6. The Kier molecular flexibility index (Phi) is 14.7. The van der Waals surface area contributed by atoms with Crippen LogP contribution in [0.15, 0.2) is 4.90 Å². The molecule has 4 nitrogen and oxygen atoms in total. The molecular weight excluding hydrogens is 460 g/mol. The van der Waals surface area contributed by atoms with Crippen molar-refractivity contribution in [3.05, 3.63) is 23.3 Å². The summed E-state index contributed by atoms with van der Waals surface area (Å²) in [6.07, 6.45) is 18.6. The zero-order chi connectivity index (χ0) is 24.7. The highest BCUT2D eigenvalue weighted by Crippen LogP contribution is 2.32. The fourth-order valence-electron chi connectivity index (χ4n) is 3.77. The third-order valence-corrected chi connectivity index (χ3v) is 6.56. The molecule has 0 saturated heterocycles. The molecular formula is C24H38F4O4S. The molecule has 33 heavy (non-hydrogen) atoms. The van der Waals surface area contributed by atoms with Crippen LogP contribution in [-0.4, -0.2) is 19.6 Å². The fraction of sp³-hybridized carbons (Fsp3) is 0.750. The predicted octanol–water partition coefficient (Wildman–Crippen LogP) is 8.13. The Morgan fingerprint density at radius 3 is 1.27 bits per heavy atom. The van der Waals surface area contributed by atoms with Gasteiger partial charge in [0.15, 0.2) is 22.3 Å². The van der Waals surface area contributed by atoms with E-state index in [1.165, 1.54) is 70.6 Å². The zero-order valence-corrected chi connectivity index (χ0v) is 20.4. The van der Waals surface area contributed by atoms with Gasteiger partial charge in [0.05, 0.1) is 6.61 Å². The maximum Gasteiger partial charge on any atom is 0.300 e. The average molecular weight is 499 g/mol. The minimum absolute atomic E-state index is 0.170. The Labute approximate surface area is 195 Å². The fourth-order valence-corrected chi connectivity index (χ4v) is 4.40. The second-order valence-electron chi connectivity index (χ2n) is 8.54. The van der Waals surface area contributed by atoms with E-state index in [0.29, 0.717) is 6.42 Å². The van der Waals surface area contributed by atoms with Gasteiger partial charge in [-0.25, -0.2) is 8.78 Å². The van der Waals surface area contributed by atoms with E-state index in [0.717, 1.165) is 25.7 Å². The summed E-state index contributed by atoms with van der Waals surface area (Å²) in [5.74, 6) is -9.72. The first-order valence-corrected chi connectivity index (χ1v) is 13.6. The summed E-state index contributed by atoms with van der Waals surface area (Å²) in [6, 6.07) is 0. The van der Waals surface area contributed by atoms with Gasteiger partial charge in [0.25, 0.3) is 0 Å². The van der Waals surface area contributed by atoms with E-state index in [1.807, 2.05) is 0 Å². The number of benzene rings is 1. The van der Waals surface area contributed by atoms with Crippen molar-refractivity contribution < 1.29 is 35.3 Å². The van der Waals surface area contributed by atoms with E-state index < -0.39 is 44.0 Å². The standard InChI is InChI=1S/C24H38F4O4S/c1-2-3-4-5-6-7-8-9-10-11-12-13-14-15-16-17-18-32-23-19(25)21(27)24(33(29,30)31)22(28)20(23)26/h2-18H2,1H3,(H,29,30,31). The molecule has 0 bridgehead atoms. The summed E-state index contributed by atoms with van der Waals surface area (Å²) < 4.78 is 90.5. The number of unbranched alkanes of at least 4 members (excludes halogenated alkanes) is 15. The van der Waals surface area contributed by atoms with E-state index in [1.54, 1.807) is 0 Å². The third-order valence-electron chi connectivity index (χ3n) is 5.69. The van der Waals surface area contributed by atoms with Crippen LogP contribution in [0.1, 0.15) is 110 Å². The molecule has 9 heteroatoms. The quantitative estimate of drug-likeness (QED) is 0.0905. The van der Waals surface area contributed by atoms with Gasteiger partial charge in [0.1, 0.15) is 0 Å². The summed E-state index contributed by atoms with van der Waals surface area (Å²) in [6.45, 7) is 2.06. The van der Waals surface area contributed by atoms with Crippen molar-refractivity contribution in [1.82, 2.24) is 0 Å². The van der Waals surface area contributed by atoms with Crippen LogP contribution < -0.4 is 4.74 Å². The molecule has 0 spiro atoms. The molecule has 1 rings (SSSR count). The summed E-state index contributed by atoms with van der Waals surface area (Å²) in [5.41, 5.74) is 0. The van der Waals surface area contributed by atoms with Gasteiger partial charge in [-0.3, -0.25) is 4.55 Å². The van der Waals surface area contributed by atoms with Crippen LogP contribution in [0.25, 0.3) is 0 Å². The largest absolute Gasteiger partial charge is 0.487 e. The second-order valence-corrected chi connectivity index (χ2v) is 9.90. The normalized spacial score (nSPS) is 11.8. The lowest BCUT2D eigenvalue weighted by molar-refractivity contribution is 0.258. The Balaban J connectivity index is 2.12. The minimum Gasteiger partial charge on any atom is -0.487 e. The average Bonchev–Trinajstić information content (AvgIpc) is 2.75. The maximum atomic E-state index is 13.9. The lowest BCUT2D eigenvalue weighted by atomic mass is 10.0. The Morgan fingerprint density at radius 1 is 0.606 bits per heavy atom. The van der Waals surface area contributed by atoms with Crippen LogP contribution in [0.5, 0.6) is 5.75 Å². The molecule has 1 aromatic rings. The topological polar surface area (TPSA) is 63.6 Å². The first kappa shape index (κ1) is 29.7. The highest BCUT2D eigenvalue weighted by molar-refractivity contribution is 7.85. The number of hydrogen-bond donors (Lipinski definition) is 1. The van der Waals surface area contributed by atoms with Crippen LogP contribution in [0.3, 0.4) is 0 Å². The van der Waals surface area contributed by atoms with Gasteiger partial charge in [-0.15, -0.1) is 0 Å². The molecule has 0 radical (unpaired) electrons. The van der Waals surface area contributed by atoms with Crippen molar-refractivity contribution in [2.24, 2.45) is 0 Å². The molecule has 0 saturated carbocycles. The summed E-state index contributed by atoms with van der Waals surface area (Å²) in [4.78, 5) is -2.06. The van der Waals surface area contributed by atoms with E-state index in [2.05, 4.69) is 6.92 Å². The van der Waals surface area contributed by atoms with Crippen molar-refractivity contribution >= 4 is 10.1 Å². The van der Waals surface area contributed by atoms with Gasteiger partial charge in [-0.05, 0) is 6.42 Å². The van der Waals surface area contributed by atoms with Crippen LogP contribution in [0.2, 0.25) is 0 Å². The van der Waals surface area contributed by atoms with E-state index in [9.17, 15) is 26.0 Å². The monoisotopic (exact) mass is 498 g/mol. The maximum absolute atomic E-state index is 13.9. The molecule has 192 valence electrons. The van der Waals surface area contributed by atoms with Crippen molar-refractivity contribution in [3.63, 3.8) is 0 Å². The molecule has 0 amide bonds. The van der Waals surface area contributed by atoms with E-state index in [4.69, 9.17) is 9.29 Å².